The molecule has 0 aromatic heterocycles. The van der Waals surface area contributed by atoms with Gasteiger partial charge >= 0.3 is 0 Å². The van der Waals surface area contributed by atoms with Gasteiger partial charge in [-0.3, -0.25) is 4.90 Å². The molecule has 2 heteroatoms. The Kier molecular flexibility index (Phi) is 3.47. The maximum atomic E-state index is 3.88. The summed E-state index contributed by atoms with van der Waals surface area (Å²) in [4.78, 5) is 2.62. The summed E-state index contributed by atoms with van der Waals surface area (Å²) in [5, 5.41) is 3.81. The van der Waals surface area contributed by atoms with Crippen LogP contribution in [-0.4, -0.2) is 36.1 Å². The van der Waals surface area contributed by atoms with Crippen LogP contribution in [0.25, 0.3) is 0 Å². The van der Waals surface area contributed by atoms with Crippen LogP contribution in [0.4, 0.5) is 0 Å². The van der Waals surface area contributed by atoms with Gasteiger partial charge in [-0.2, -0.15) is 0 Å². The molecular formula is C13H24N2. The highest BCUT2D eigenvalue weighted by atomic mass is 15.3. The van der Waals surface area contributed by atoms with Crippen molar-refractivity contribution in [2.75, 3.05) is 19.6 Å². The van der Waals surface area contributed by atoms with Crippen molar-refractivity contribution < 1.29 is 0 Å². The normalized spacial score (nSPS) is 30.9. The zero-order chi connectivity index (χ0) is 10.7. The molecule has 2 fully saturated rings. The van der Waals surface area contributed by atoms with E-state index >= 15 is 0 Å². The lowest BCUT2D eigenvalue weighted by Gasteiger charge is -2.46. The van der Waals surface area contributed by atoms with E-state index in [1.165, 1.54) is 45.2 Å². The minimum absolute atomic E-state index is 0.453. The van der Waals surface area contributed by atoms with Crippen molar-refractivity contribution in [1.82, 2.24) is 10.2 Å². The Bertz CT molecular complexity index is 219. The first-order chi connectivity index (χ1) is 7.29. The number of nitrogens with one attached hydrogen (secondary N) is 1. The number of rotatable bonds is 3. The molecule has 1 N–H and O–H groups in total. The van der Waals surface area contributed by atoms with Gasteiger partial charge in [-0.25, -0.2) is 0 Å². The molecule has 1 heterocycles. The zero-order valence-electron chi connectivity index (χ0n) is 9.97. The molecule has 1 aliphatic heterocycles. The number of hydrogen-bond acceptors (Lipinski definition) is 2. The van der Waals surface area contributed by atoms with Crippen LogP contribution >= 0.6 is 0 Å². The third-order valence-corrected chi connectivity index (χ3v) is 4.13. The second kappa shape index (κ2) is 4.67. The van der Waals surface area contributed by atoms with Gasteiger partial charge in [0.1, 0.15) is 0 Å². The van der Waals surface area contributed by atoms with Crippen LogP contribution < -0.4 is 5.32 Å². The van der Waals surface area contributed by atoms with Crippen molar-refractivity contribution in [3.63, 3.8) is 0 Å². The second-order valence-electron chi connectivity index (χ2n) is 5.15. The molecule has 0 aromatic rings. The van der Waals surface area contributed by atoms with E-state index in [9.17, 15) is 0 Å². The molecule has 0 amide bonds. The van der Waals surface area contributed by atoms with Crippen molar-refractivity contribution in [2.24, 2.45) is 0 Å². The zero-order valence-corrected chi connectivity index (χ0v) is 9.97. The first kappa shape index (κ1) is 11.2. The smallest absolute Gasteiger partial charge is 0.0309 e. The summed E-state index contributed by atoms with van der Waals surface area (Å²) < 4.78 is 0. The standard InChI is InChI=1S/C13H24N2/c1-3-9-15-11-13(7-5-6-8-13)14-10-12(15)4-2/h3,12,14H,1,4-11H2,2H3. The van der Waals surface area contributed by atoms with Crippen LogP contribution in [0, 0.1) is 0 Å². The topological polar surface area (TPSA) is 15.3 Å². The predicted octanol–water partition coefficient (Wildman–Crippen LogP) is 2.17. The lowest BCUT2D eigenvalue weighted by molar-refractivity contribution is 0.0893. The average molecular weight is 208 g/mol. The predicted molar refractivity (Wildman–Crippen MR) is 65.1 cm³/mol. The van der Waals surface area contributed by atoms with E-state index in [1.807, 2.05) is 0 Å². The summed E-state index contributed by atoms with van der Waals surface area (Å²) in [5.74, 6) is 0. The van der Waals surface area contributed by atoms with Gasteiger partial charge < -0.3 is 5.32 Å². The fraction of sp³-hybridized carbons (Fsp3) is 0.846. The van der Waals surface area contributed by atoms with Gasteiger partial charge in [-0.15, -0.1) is 6.58 Å². The van der Waals surface area contributed by atoms with E-state index in [1.54, 1.807) is 0 Å². The summed E-state index contributed by atoms with van der Waals surface area (Å²) in [6.07, 6.45) is 8.86. The Labute approximate surface area is 93.7 Å². The summed E-state index contributed by atoms with van der Waals surface area (Å²) in [5.41, 5.74) is 0.453. The molecule has 0 radical (unpaired) electrons. The molecule has 1 saturated heterocycles. The molecule has 1 unspecified atom stereocenters. The van der Waals surface area contributed by atoms with E-state index in [0.717, 1.165) is 6.54 Å². The van der Waals surface area contributed by atoms with Gasteiger partial charge in [0.2, 0.25) is 0 Å². The van der Waals surface area contributed by atoms with Crippen molar-refractivity contribution in [3.05, 3.63) is 12.7 Å². The largest absolute Gasteiger partial charge is 0.308 e. The molecule has 86 valence electrons. The minimum atomic E-state index is 0.453. The summed E-state index contributed by atoms with van der Waals surface area (Å²) in [6.45, 7) is 9.63. The molecule has 0 aromatic carbocycles. The fourth-order valence-electron chi connectivity index (χ4n) is 3.21. The maximum absolute atomic E-state index is 3.88. The Balaban J connectivity index is 2.01. The van der Waals surface area contributed by atoms with Crippen LogP contribution in [0.15, 0.2) is 12.7 Å². The molecule has 1 aliphatic carbocycles. The van der Waals surface area contributed by atoms with Gasteiger partial charge in [0, 0.05) is 31.2 Å². The lowest BCUT2D eigenvalue weighted by atomic mass is 9.91. The summed E-state index contributed by atoms with van der Waals surface area (Å²) in [7, 11) is 0. The first-order valence-electron chi connectivity index (χ1n) is 6.39. The average Bonchev–Trinajstić information content (AvgIpc) is 2.68. The van der Waals surface area contributed by atoms with Crippen LogP contribution in [0.3, 0.4) is 0 Å². The Hall–Kier alpha value is -0.340. The molecule has 2 nitrogen and oxygen atoms in total. The highest BCUT2D eigenvalue weighted by Gasteiger charge is 2.39. The van der Waals surface area contributed by atoms with Crippen molar-refractivity contribution in [3.8, 4) is 0 Å². The number of piperazine rings is 1. The lowest BCUT2D eigenvalue weighted by Crippen LogP contribution is -2.62. The third-order valence-electron chi connectivity index (χ3n) is 4.13. The quantitative estimate of drug-likeness (QED) is 0.715. The Morgan fingerprint density at radius 2 is 2.20 bits per heavy atom. The van der Waals surface area contributed by atoms with Crippen LogP contribution in [0.2, 0.25) is 0 Å². The Morgan fingerprint density at radius 1 is 1.47 bits per heavy atom. The SMILES string of the molecule is C=CCN1CC2(CCCC2)NCC1CC. The molecule has 1 atom stereocenters. The highest BCUT2D eigenvalue weighted by Crippen LogP contribution is 2.33. The molecule has 1 saturated carbocycles. The molecule has 0 bridgehead atoms. The second-order valence-corrected chi connectivity index (χ2v) is 5.15. The Morgan fingerprint density at radius 3 is 2.80 bits per heavy atom. The van der Waals surface area contributed by atoms with Gasteiger partial charge in [-0.1, -0.05) is 25.8 Å². The first-order valence-corrected chi connectivity index (χ1v) is 6.39. The van der Waals surface area contributed by atoms with Crippen molar-refractivity contribution >= 4 is 0 Å². The number of nitrogens with zero attached hydrogens (tertiary/aromatic N) is 1. The number of hydrogen-bond donors (Lipinski definition) is 1. The van der Waals surface area contributed by atoms with E-state index in [-0.39, 0.29) is 0 Å². The van der Waals surface area contributed by atoms with Crippen LogP contribution in [0.1, 0.15) is 39.0 Å². The summed E-state index contributed by atoms with van der Waals surface area (Å²) >= 11 is 0. The monoisotopic (exact) mass is 208 g/mol. The summed E-state index contributed by atoms with van der Waals surface area (Å²) in [6, 6.07) is 0.717. The maximum Gasteiger partial charge on any atom is 0.0309 e. The van der Waals surface area contributed by atoms with E-state index in [4.69, 9.17) is 0 Å². The minimum Gasteiger partial charge on any atom is -0.308 e. The van der Waals surface area contributed by atoms with Gasteiger partial charge in [-0.05, 0) is 19.3 Å². The molecule has 15 heavy (non-hydrogen) atoms. The highest BCUT2D eigenvalue weighted by molar-refractivity contribution is 5.01. The molecule has 2 rings (SSSR count). The molecular weight excluding hydrogens is 184 g/mol. The van der Waals surface area contributed by atoms with E-state index in [0.29, 0.717) is 11.6 Å². The third kappa shape index (κ3) is 2.26. The van der Waals surface area contributed by atoms with Crippen molar-refractivity contribution in [1.29, 1.82) is 0 Å². The van der Waals surface area contributed by atoms with Gasteiger partial charge in [0.05, 0.1) is 0 Å². The van der Waals surface area contributed by atoms with E-state index in [2.05, 4.69) is 29.8 Å². The van der Waals surface area contributed by atoms with Crippen LogP contribution in [-0.2, 0) is 0 Å². The fourth-order valence-corrected chi connectivity index (χ4v) is 3.21. The van der Waals surface area contributed by atoms with Crippen LogP contribution in [0.5, 0.6) is 0 Å². The molecule has 2 aliphatic rings. The van der Waals surface area contributed by atoms with Gasteiger partial charge in [0.25, 0.3) is 0 Å². The van der Waals surface area contributed by atoms with Crippen molar-refractivity contribution in [2.45, 2.75) is 50.6 Å². The van der Waals surface area contributed by atoms with E-state index < -0.39 is 0 Å². The van der Waals surface area contributed by atoms with Gasteiger partial charge in [0.15, 0.2) is 0 Å². The molecule has 1 spiro atoms.